The summed E-state index contributed by atoms with van der Waals surface area (Å²) < 4.78 is 0. The number of thiophene rings is 1. The normalized spacial score (nSPS) is 22.6. The van der Waals surface area contributed by atoms with Gasteiger partial charge in [-0.3, -0.25) is 0 Å². The molecule has 2 heterocycles. The number of fused-ring (bicyclic) bond motifs is 1. The lowest BCUT2D eigenvalue weighted by Gasteiger charge is -2.30. The summed E-state index contributed by atoms with van der Waals surface area (Å²) in [5.41, 5.74) is 0. The van der Waals surface area contributed by atoms with Crippen LogP contribution in [0, 0.1) is 18.8 Å². The van der Waals surface area contributed by atoms with E-state index in [4.69, 9.17) is 11.6 Å². The lowest BCUT2D eigenvalue weighted by Crippen LogP contribution is -2.28. The Labute approximate surface area is 133 Å². The number of rotatable bonds is 4. The molecule has 2 unspecified atom stereocenters. The predicted octanol–water partition coefficient (Wildman–Crippen LogP) is 3.86. The molecular formula is C15H20ClN3OS. The van der Waals surface area contributed by atoms with Crippen molar-refractivity contribution in [3.05, 3.63) is 16.2 Å². The maximum Gasteiger partial charge on any atom is 0.225 e. The fourth-order valence-corrected chi connectivity index (χ4v) is 4.27. The van der Waals surface area contributed by atoms with E-state index in [0.717, 1.165) is 29.0 Å². The highest BCUT2D eigenvalue weighted by molar-refractivity contribution is 7.18. The van der Waals surface area contributed by atoms with Gasteiger partial charge in [0.2, 0.25) is 5.28 Å². The quantitative estimate of drug-likeness (QED) is 0.838. The molecule has 6 heteroatoms. The van der Waals surface area contributed by atoms with Gasteiger partial charge in [0.1, 0.15) is 10.6 Å². The summed E-state index contributed by atoms with van der Waals surface area (Å²) in [5.74, 6) is 1.73. The van der Waals surface area contributed by atoms with Crippen molar-refractivity contribution >= 4 is 39.0 Å². The lowest BCUT2D eigenvalue weighted by atomic mass is 9.79. The highest BCUT2D eigenvalue weighted by Gasteiger charge is 2.24. The van der Waals surface area contributed by atoms with Gasteiger partial charge in [-0.25, -0.2) is 9.97 Å². The number of aromatic nitrogens is 2. The summed E-state index contributed by atoms with van der Waals surface area (Å²) in [7, 11) is 0. The van der Waals surface area contributed by atoms with Crippen LogP contribution in [0.25, 0.3) is 10.2 Å². The number of hydrogen-bond donors (Lipinski definition) is 2. The summed E-state index contributed by atoms with van der Waals surface area (Å²) in [5, 5.41) is 14.3. The Morgan fingerprint density at radius 2 is 2.10 bits per heavy atom. The highest BCUT2D eigenvalue weighted by atomic mass is 35.5. The van der Waals surface area contributed by atoms with Crippen LogP contribution in [0.4, 0.5) is 5.82 Å². The van der Waals surface area contributed by atoms with Gasteiger partial charge in [0.05, 0.1) is 5.39 Å². The minimum Gasteiger partial charge on any atom is -0.396 e. The van der Waals surface area contributed by atoms with E-state index < -0.39 is 0 Å². The SMILES string of the molecule is Cc1cc2c(NCC3CCCCC3CO)nc(Cl)nc2s1. The van der Waals surface area contributed by atoms with Gasteiger partial charge in [-0.2, -0.15) is 0 Å². The van der Waals surface area contributed by atoms with Crippen molar-refractivity contribution in [1.29, 1.82) is 0 Å². The first kappa shape index (κ1) is 15.0. The van der Waals surface area contributed by atoms with Crippen LogP contribution in [0.1, 0.15) is 30.6 Å². The molecule has 1 aliphatic rings. The molecule has 0 bridgehead atoms. The second-order valence-corrected chi connectivity index (χ2v) is 7.36. The molecule has 114 valence electrons. The van der Waals surface area contributed by atoms with Crippen molar-refractivity contribution in [3.8, 4) is 0 Å². The summed E-state index contributed by atoms with van der Waals surface area (Å²) in [4.78, 5) is 10.7. The van der Waals surface area contributed by atoms with Crippen molar-refractivity contribution in [1.82, 2.24) is 9.97 Å². The molecule has 3 rings (SSSR count). The molecule has 2 atom stereocenters. The second-order valence-electron chi connectivity index (χ2n) is 5.79. The molecule has 2 aromatic heterocycles. The smallest absolute Gasteiger partial charge is 0.225 e. The van der Waals surface area contributed by atoms with Gasteiger partial charge in [0.25, 0.3) is 0 Å². The molecule has 0 aromatic carbocycles. The van der Waals surface area contributed by atoms with Crippen molar-refractivity contribution in [2.75, 3.05) is 18.5 Å². The summed E-state index contributed by atoms with van der Waals surface area (Å²) in [6.45, 7) is 3.18. The molecule has 1 saturated carbocycles. The van der Waals surface area contributed by atoms with Gasteiger partial charge in [-0.05, 0) is 49.3 Å². The average molecular weight is 326 g/mol. The third-order valence-corrected chi connectivity index (χ3v) is 5.43. The monoisotopic (exact) mass is 325 g/mol. The number of halogens is 1. The van der Waals surface area contributed by atoms with Gasteiger partial charge >= 0.3 is 0 Å². The molecular weight excluding hydrogens is 306 g/mol. The van der Waals surface area contributed by atoms with Crippen molar-refractivity contribution in [2.45, 2.75) is 32.6 Å². The first-order valence-electron chi connectivity index (χ1n) is 7.46. The van der Waals surface area contributed by atoms with Gasteiger partial charge < -0.3 is 10.4 Å². The second kappa shape index (κ2) is 6.46. The topological polar surface area (TPSA) is 58.0 Å². The maximum atomic E-state index is 9.51. The molecule has 1 aliphatic carbocycles. The number of aliphatic hydroxyl groups excluding tert-OH is 1. The van der Waals surface area contributed by atoms with E-state index >= 15 is 0 Å². The third kappa shape index (κ3) is 3.30. The predicted molar refractivity (Wildman–Crippen MR) is 88.2 cm³/mol. The van der Waals surface area contributed by atoms with E-state index in [-0.39, 0.29) is 11.9 Å². The number of hydrogen-bond acceptors (Lipinski definition) is 5. The fraction of sp³-hybridized carbons (Fsp3) is 0.600. The van der Waals surface area contributed by atoms with Crippen LogP contribution in [0.3, 0.4) is 0 Å². The lowest BCUT2D eigenvalue weighted by molar-refractivity contribution is 0.141. The molecule has 2 aromatic rings. The van der Waals surface area contributed by atoms with Crippen molar-refractivity contribution in [2.24, 2.45) is 11.8 Å². The first-order chi connectivity index (χ1) is 10.2. The van der Waals surface area contributed by atoms with E-state index in [1.54, 1.807) is 11.3 Å². The van der Waals surface area contributed by atoms with Crippen LogP contribution in [0.15, 0.2) is 6.07 Å². The maximum absolute atomic E-state index is 9.51. The van der Waals surface area contributed by atoms with E-state index in [0.29, 0.717) is 11.8 Å². The molecule has 0 radical (unpaired) electrons. The van der Waals surface area contributed by atoms with Gasteiger partial charge in [-0.15, -0.1) is 11.3 Å². The average Bonchev–Trinajstić information content (AvgIpc) is 2.85. The number of anilines is 1. The molecule has 2 N–H and O–H groups in total. The molecule has 0 amide bonds. The van der Waals surface area contributed by atoms with E-state index in [1.165, 1.54) is 24.1 Å². The Kier molecular flexibility index (Phi) is 4.62. The number of aryl methyl sites for hydroxylation is 1. The van der Waals surface area contributed by atoms with Crippen molar-refractivity contribution in [3.63, 3.8) is 0 Å². The Balaban J connectivity index is 1.78. The zero-order valence-corrected chi connectivity index (χ0v) is 13.7. The molecule has 0 saturated heterocycles. The zero-order valence-electron chi connectivity index (χ0n) is 12.1. The number of nitrogens with one attached hydrogen (secondary N) is 1. The Morgan fingerprint density at radius 3 is 2.86 bits per heavy atom. The number of aliphatic hydroxyl groups is 1. The van der Waals surface area contributed by atoms with Gasteiger partial charge in [0, 0.05) is 18.0 Å². The van der Waals surface area contributed by atoms with Crippen LogP contribution < -0.4 is 5.32 Å². The molecule has 4 nitrogen and oxygen atoms in total. The first-order valence-corrected chi connectivity index (χ1v) is 8.65. The van der Waals surface area contributed by atoms with E-state index in [2.05, 4.69) is 28.3 Å². The zero-order chi connectivity index (χ0) is 14.8. The van der Waals surface area contributed by atoms with Crippen LogP contribution in [0.5, 0.6) is 0 Å². The minimum absolute atomic E-state index is 0.282. The van der Waals surface area contributed by atoms with E-state index in [9.17, 15) is 5.11 Å². The molecule has 0 aliphatic heterocycles. The summed E-state index contributed by atoms with van der Waals surface area (Å²) in [6, 6.07) is 2.10. The van der Waals surface area contributed by atoms with Gasteiger partial charge in [0.15, 0.2) is 0 Å². The molecule has 0 spiro atoms. The van der Waals surface area contributed by atoms with Crippen LogP contribution >= 0.6 is 22.9 Å². The molecule has 1 fully saturated rings. The van der Waals surface area contributed by atoms with Crippen LogP contribution in [-0.2, 0) is 0 Å². The van der Waals surface area contributed by atoms with Crippen LogP contribution in [-0.4, -0.2) is 28.2 Å². The Bertz CT molecular complexity index is 631. The van der Waals surface area contributed by atoms with Crippen LogP contribution in [0.2, 0.25) is 5.28 Å². The highest BCUT2D eigenvalue weighted by Crippen LogP contribution is 2.32. The van der Waals surface area contributed by atoms with E-state index in [1.807, 2.05) is 0 Å². The fourth-order valence-electron chi connectivity index (χ4n) is 3.17. The minimum atomic E-state index is 0.282. The standard InChI is InChI=1S/C15H20ClN3OS/c1-9-6-12-13(18-15(16)19-14(12)21-9)17-7-10-4-2-3-5-11(10)8-20/h6,10-11,20H,2-5,7-8H2,1H3,(H,17,18,19). The summed E-state index contributed by atoms with van der Waals surface area (Å²) in [6.07, 6.45) is 4.78. The largest absolute Gasteiger partial charge is 0.396 e. The Morgan fingerprint density at radius 1 is 1.33 bits per heavy atom. The summed E-state index contributed by atoms with van der Waals surface area (Å²) >= 11 is 7.65. The molecule has 21 heavy (non-hydrogen) atoms. The third-order valence-electron chi connectivity index (χ3n) is 4.32. The number of nitrogens with zero attached hydrogens (tertiary/aromatic N) is 2. The van der Waals surface area contributed by atoms with Crippen molar-refractivity contribution < 1.29 is 5.11 Å². The Hall–Kier alpha value is -0.910. The van der Waals surface area contributed by atoms with Gasteiger partial charge in [-0.1, -0.05) is 12.8 Å².